The van der Waals surface area contributed by atoms with E-state index in [2.05, 4.69) is 25.2 Å². The second-order valence-corrected chi connectivity index (χ2v) is 6.04. The van der Waals surface area contributed by atoms with E-state index in [0.717, 1.165) is 17.2 Å². The molecule has 2 N–H and O–H groups in total. The molecule has 0 saturated heterocycles. The van der Waals surface area contributed by atoms with Gasteiger partial charge in [-0.1, -0.05) is 10.3 Å². The number of rotatable bonds is 4. The van der Waals surface area contributed by atoms with Crippen LogP contribution in [-0.4, -0.2) is 60.7 Å². The van der Waals surface area contributed by atoms with Gasteiger partial charge in [0.1, 0.15) is 11.6 Å². The number of nitrogens with one attached hydrogen (secondary N) is 1. The highest BCUT2D eigenvalue weighted by atomic mass is 35.5. The van der Waals surface area contributed by atoms with Gasteiger partial charge in [-0.3, -0.25) is 9.63 Å². The van der Waals surface area contributed by atoms with Crippen molar-refractivity contribution < 1.29 is 42.2 Å². The van der Waals surface area contributed by atoms with Crippen LogP contribution < -0.4 is 5.48 Å². The zero-order chi connectivity index (χ0) is 24.5. The molecule has 184 valence electrons. The van der Waals surface area contributed by atoms with Crippen LogP contribution in [0.25, 0.3) is 21.9 Å². The van der Waals surface area contributed by atoms with Crippen LogP contribution in [0.3, 0.4) is 0 Å². The molecule has 0 aliphatic heterocycles. The van der Waals surface area contributed by atoms with Crippen molar-refractivity contribution in [2.45, 2.75) is 0 Å². The second kappa shape index (κ2) is 13.2. The Hall–Kier alpha value is -3.65. The molecule has 2 aromatic carbocycles. The number of carbonyl (C=O) groups is 2. The predicted molar refractivity (Wildman–Crippen MR) is 117 cm³/mol. The molecular weight excluding hydrogens is 482 g/mol. The molecule has 4 aromatic rings. The van der Waals surface area contributed by atoms with Gasteiger partial charge in [0.05, 0.1) is 25.0 Å². The van der Waals surface area contributed by atoms with Crippen molar-refractivity contribution in [2.75, 3.05) is 28.3 Å². The summed E-state index contributed by atoms with van der Waals surface area (Å²) in [5.74, 6) is -2.57. The number of carbonyl (C=O) groups excluding carboxylic acids is 1. The summed E-state index contributed by atoms with van der Waals surface area (Å²) in [5, 5.41) is 17.3. The van der Waals surface area contributed by atoms with E-state index in [9.17, 15) is 18.4 Å². The molecule has 0 saturated carbocycles. The first kappa shape index (κ1) is 28.4. The lowest BCUT2D eigenvalue weighted by molar-refractivity contribution is -0.0761. The van der Waals surface area contributed by atoms with Gasteiger partial charge in [0, 0.05) is 26.2 Å². The number of aromatic carboxylic acids is 1. The number of benzene rings is 2. The number of carboxylic acids is 1. The number of hydrogen-bond donors (Lipinski definition) is 2. The maximum Gasteiger partial charge on any atom is 0.358 e. The number of hydrogen-bond acceptors (Lipinski definition) is 9. The van der Waals surface area contributed by atoms with E-state index in [1.807, 2.05) is 0 Å². The average molecular weight is 503 g/mol. The summed E-state index contributed by atoms with van der Waals surface area (Å²) in [6, 6.07) is 7.43. The minimum absolute atomic E-state index is 0. The van der Waals surface area contributed by atoms with Crippen LogP contribution in [0.15, 0.2) is 45.4 Å². The van der Waals surface area contributed by atoms with Crippen LogP contribution in [0, 0.1) is 11.6 Å². The van der Waals surface area contributed by atoms with E-state index in [1.54, 1.807) is 14.2 Å². The summed E-state index contributed by atoms with van der Waals surface area (Å²) >= 11 is 0. The smallest absolute Gasteiger partial charge is 0.358 e. The lowest BCUT2D eigenvalue weighted by atomic mass is 10.2. The molecule has 14 heteroatoms. The molecule has 0 radical (unpaired) electrons. The van der Waals surface area contributed by atoms with Crippen LogP contribution in [-0.2, 0) is 9.68 Å². The molecule has 4 rings (SSSR count). The highest BCUT2D eigenvalue weighted by molar-refractivity contribution is 6.03. The number of carboxylic acid groups (broad SMARTS) is 1. The molecule has 11 nitrogen and oxygen atoms in total. The van der Waals surface area contributed by atoms with Crippen LogP contribution in [0.4, 0.5) is 8.78 Å². The van der Waals surface area contributed by atoms with E-state index in [4.69, 9.17) is 14.5 Å². The van der Waals surface area contributed by atoms with Crippen molar-refractivity contribution in [1.29, 1.82) is 0 Å². The van der Waals surface area contributed by atoms with Gasteiger partial charge in [-0.2, -0.15) is 0 Å². The monoisotopic (exact) mass is 502 g/mol. The Labute approximate surface area is 197 Å². The summed E-state index contributed by atoms with van der Waals surface area (Å²) in [5.41, 5.74) is 2.69. The first-order valence-corrected chi connectivity index (χ1v) is 9.08. The van der Waals surface area contributed by atoms with Crippen molar-refractivity contribution in [3.8, 4) is 0 Å². The summed E-state index contributed by atoms with van der Waals surface area (Å²) in [4.78, 5) is 31.3. The fourth-order valence-electron chi connectivity index (χ4n) is 2.36. The topological polar surface area (TPSA) is 140 Å². The van der Waals surface area contributed by atoms with E-state index in [1.165, 1.54) is 38.4 Å². The summed E-state index contributed by atoms with van der Waals surface area (Å²) in [6.07, 6.45) is 0. The molecular formula is C20H21ClF2N4O7. The summed E-state index contributed by atoms with van der Waals surface area (Å²) in [7, 11) is 6.09. The van der Waals surface area contributed by atoms with E-state index < -0.39 is 23.5 Å². The Kier molecular flexibility index (Phi) is 11.0. The minimum atomic E-state index is -1.19. The number of amides is 1. The fraction of sp³-hybridized carbons (Fsp3) is 0.200. The minimum Gasteiger partial charge on any atom is -0.476 e. The third-order valence-corrected chi connectivity index (χ3v) is 4.04. The molecule has 34 heavy (non-hydrogen) atoms. The number of aromatic nitrogens is 2. The second-order valence-electron chi connectivity index (χ2n) is 6.04. The van der Waals surface area contributed by atoms with E-state index >= 15 is 0 Å². The summed E-state index contributed by atoms with van der Waals surface area (Å²) in [6.45, 7) is 0. The molecule has 1 amide bonds. The number of fused-ring (bicyclic) bond motifs is 2. The Morgan fingerprint density at radius 3 is 1.82 bits per heavy atom. The molecule has 0 spiro atoms. The van der Waals surface area contributed by atoms with Crippen molar-refractivity contribution in [3.05, 3.63) is 59.4 Å². The zero-order valence-corrected chi connectivity index (χ0v) is 19.2. The highest BCUT2D eigenvalue weighted by Crippen LogP contribution is 2.20. The van der Waals surface area contributed by atoms with Crippen molar-refractivity contribution in [2.24, 2.45) is 0 Å². The van der Waals surface area contributed by atoms with Crippen LogP contribution >= 0.6 is 12.4 Å². The molecule has 0 bridgehead atoms. The lowest BCUT2D eigenvalue weighted by Crippen LogP contribution is -2.25. The van der Waals surface area contributed by atoms with Crippen molar-refractivity contribution in [3.63, 3.8) is 0 Å². The quantitative estimate of drug-likeness (QED) is 0.398. The maximum absolute atomic E-state index is 12.9. The lowest BCUT2D eigenvalue weighted by Gasteiger charge is -2.10. The molecule has 0 unspecified atom stereocenters. The van der Waals surface area contributed by atoms with Gasteiger partial charge in [-0.25, -0.2) is 24.1 Å². The molecule has 2 heterocycles. The number of hydroxylamine groups is 3. The molecule has 0 atom stereocenters. The van der Waals surface area contributed by atoms with Gasteiger partial charge >= 0.3 is 5.97 Å². The summed E-state index contributed by atoms with van der Waals surface area (Å²) < 4.78 is 34.9. The normalized spacial score (nSPS) is 9.94. The van der Waals surface area contributed by atoms with Gasteiger partial charge in [0.25, 0.3) is 5.91 Å². The molecule has 0 fully saturated rings. The Morgan fingerprint density at radius 1 is 0.971 bits per heavy atom. The van der Waals surface area contributed by atoms with Crippen LogP contribution in [0.5, 0.6) is 0 Å². The van der Waals surface area contributed by atoms with Crippen LogP contribution in [0.2, 0.25) is 0 Å². The number of nitrogens with zero attached hydrogens (tertiary/aromatic N) is 3. The largest absolute Gasteiger partial charge is 0.476 e. The van der Waals surface area contributed by atoms with Gasteiger partial charge in [0.2, 0.25) is 0 Å². The highest BCUT2D eigenvalue weighted by Gasteiger charge is 2.20. The number of halogens is 3. The van der Waals surface area contributed by atoms with Crippen molar-refractivity contribution >= 4 is 46.2 Å². The van der Waals surface area contributed by atoms with E-state index in [-0.39, 0.29) is 35.0 Å². The maximum atomic E-state index is 12.9. The zero-order valence-electron chi connectivity index (χ0n) is 18.4. The third-order valence-electron chi connectivity index (χ3n) is 4.04. The van der Waals surface area contributed by atoms with Crippen LogP contribution in [0.1, 0.15) is 21.0 Å². The van der Waals surface area contributed by atoms with Gasteiger partial charge in [0.15, 0.2) is 22.6 Å². The molecule has 0 aliphatic carbocycles. The molecule has 0 aliphatic rings. The third kappa shape index (κ3) is 6.92. The van der Waals surface area contributed by atoms with Gasteiger partial charge in [-0.15, -0.1) is 12.4 Å². The Balaban J connectivity index is 0.000000291. The first-order valence-electron chi connectivity index (χ1n) is 9.08. The fourth-order valence-corrected chi connectivity index (χ4v) is 2.36. The SMILES string of the molecule is CNOC.CON(C)C(=O)c1noc2cc(F)ccc12.Cl.O=C(O)c1noc2cc(F)ccc12. The van der Waals surface area contributed by atoms with Gasteiger partial charge in [-0.05, 0) is 24.3 Å². The van der Waals surface area contributed by atoms with E-state index in [0.29, 0.717) is 10.8 Å². The van der Waals surface area contributed by atoms with Crippen molar-refractivity contribution in [1.82, 2.24) is 20.9 Å². The standard InChI is InChI=1S/C10H9FN2O3.C8H4FNO3.C2H7NO.ClH/c1-13(15-2)10(14)9-7-4-3-6(11)5-8(7)16-12-9;9-4-1-2-5-6(3-4)13-10-7(5)8(11)12;1-3-4-2;/h3-5H,1-2H3;1-3H,(H,11,12);3H,1-2H3;1H. The molecule has 2 aromatic heterocycles. The van der Waals surface area contributed by atoms with Gasteiger partial charge < -0.3 is 19.0 Å². The Bertz CT molecular complexity index is 1250. The first-order chi connectivity index (χ1) is 15.7. The Morgan fingerprint density at radius 2 is 1.41 bits per heavy atom. The average Bonchev–Trinajstić information content (AvgIpc) is 3.42. The predicted octanol–water partition coefficient (Wildman–Crippen LogP) is 3.45.